The number of ether oxygens (including phenoxy) is 1. The monoisotopic (exact) mass is 386 g/mol. The molecule has 1 N–H and O–H groups in total. The standard InChI is InChI=1S/C19H15ClN2O5/c1-2-27-19(26)11-6-8-12(9-7-11)21-15(23)10-22-17(24)13-4-3-5-14(20)16(13)18(22)25/h3-9H,2,10H2,1H3,(H,21,23). The smallest absolute Gasteiger partial charge is 0.338 e. The molecule has 0 spiro atoms. The minimum absolute atomic E-state index is 0.107. The Morgan fingerprint density at radius 2 is 1.78 bits per heavy atom. The molecule has 0 aromatic heterocycles. The first kappa shape index (κ1) is 18.6. The number of anilines is 1. The second-order valence-electron chi connectivity index (χ2n) is 5.70. The molecule has 7 nitrogen and oxygen atoms in total. The molecule has 1 aliphatic rings. The molecule has 0 bridgehead atoms. The zero-order chi connectivity index (χ0) is 19.6. The van der Waals surface area contributed by atoms with E-state index in [1.54, 1.807) is 13.0 Å². The Morgan fingerprint density at radius 1 is 1.07 bits per heavy atom. The van der Waals surface area contributed by atoms with Crippen LogP contribution in [0.2, 0.25) is 5.02 Å². The fraction of sp³-hybridized carbons (Fsp3) is 0.158. The van der Waals surface area contributed by atoms with E-state index in [0.717, 1.165) is 4.90 Å². The van der Waals surface area contributed by atoms with Gasteiger partial charge in [0.15, 0.2) is 0 Å². The van der Waals surface area contributed by atoms with Crippen LogP contribution in [0, 0.1) is 0 Å². The van der Waals surface area contributed by atoms with Crippen LogP contribution < -0.4 is 5.32 Å². The Kier molecular flexibility index (Phi) is 5.23. The molecular weight excluding hydrogens is 372 g/mol. The topological polar surface area (TPSA) is 92.8 Å². The van der Waals surface area contributed by atoms with Crippen LogP contribution in [0.1, 0.15) is 38.0 Å². The summed E-state index contributed by atoms with van der Waals surface area (Å²) in [5.74, 6) is -2.18. The molecule has 0 fully saturated rings. The summed E-state index contributed by atoms with van der Waals surface area (Å²) in [4.78, 5) is 49.4. The summed E-state index contributed by atoms with van der Waals surface area (Å²) in [5.41, 5.74) is 1.06. The molecule has 1 heterocycles. The molecule has 0 atom stereocenters. The van der Waals surface area contributed by atoms with Crippen LogP contribution in [-0.4, -0.2) is 41.7 Å². The van der Waals surface area contributed by atoms with Crippen LogP contribution in [0.5, 0.6) is 0 Å². The van der Waals surface area contributed by atoms with Gasteiger partial charge in [0.05, 0.1) is 28.3 Å². The lowest BCUT2D eigenvalue weighted by atomic mass is 10.1. The Bertz CT molecular complexity index is 940. The van der Waals surface area contributed by atoms with Gasteiger partial charge in [0, 0.05) is 5.69 Å². The minimum atomic E-state index is -0.603. The van der Waals surface area contributed by atoms with Crippen LogP contribution in [0.25, 0.3) is 0 Å². The third kappa shape index (κ3) is 3.68. The van der Waals surface area contributed by atoms with Gasteiger partial charge >= 0.3 is 5.97 Å². The first-order valence-corrected chi connectivity index (χ1v) is 8.52. The lowest BCUT2D eigenvalue weighted by molar-refractivity contribution is -0.116. The van der Waals surface area contributed by atoms with Crippen LogP contribution in [0.3, 0.4) is 0 Å². The van der Waals surface area contributed by atoms with Gasteiger partial charge < -0.3 is 10.1 Å². The summed E-state index contributed by atoms with van der Waals surface area (Å²) in [7, 11) is 0. The zero-order valence-corrected chi connectivity index (χ0v) is 15.1. The molecule has 3 rings (SSSR count). The van der Waals surface area contributed by atoms with E-state index in [0.29, 0.717) is 11.3 Å². The fourth-order valence-electron chi connectivity index (χ4n) is 2.68. The van der Waals surface area contributed by atoms with Gasteiger partial charge in [-0.3, -0.25) is 19.3 Å². The summed E-state index contributed by atoms with van der Waals surface area (Å²) >= 11 is 5.99. The SMILES string of the molecule is CCOC(=O)c1ccc(NC(=O)CN2C(=O)c3cccc(Cl)c3C2=O)cc1. The van der Waals surface area contributed by atoms with E-state index in [9.17, 15) is 19.2 Å². The molecule has 8 heteroatoms. The van der Waals surface area contributed by atoms with Gasteiger partial charge in [-0.25, -0.2) is 4.79 Å². The van der Waals surface area contributed by atoms with Crippen molar-refractivity contribution < 1.29 is 23.9 Å². The van der Waals surface area contributed by atoms with Gasteiger partial charge in [0.1, 0.15) is 6.54 Å². The third-order valence-electron chi connectivity index (χ3n) is 3.93. The summed E-state index contributed by atoms with van der Waals surface area (Å²) in [6.07, 6.45) is 0. The molecular formula is C19H15ClN2O5. The number of carbonyl (C=O) groups excluding carboxylic acids is 4. The molecule has 2 aromatic carbocycles. The Morgan fingerprint density at radius 3 is 2.41 bits per heavy atom. The molecule has 3 amide bonds. The van der Waals surface area contributed by atoms with Crippen molar-refractivity contribution >= 4 is 41.0 Å². The number of benzene rings is 2. The molecule has 138 valence electrons. The van der Waals surface area contributed by atoms with Crippen molar-refractivity contribution in [3.8, 4) is 0 Å². The van der Waals surface area contributed by atoms with E-state index < -0.39 is 30.2 Å². The molecule has 1 aliphatic heterocycles. The van der Waals surface area contributed by atoms with Crippen molar-refractivity contribution in [1.29, 1.82) is 0 Å². The predicted molar refractivity (Wildman–Crippen MR) is 97.8 cm³/mol. The average molecular weight is 387 g/mol. The number of halogens is 1. The van der Waals surface area contributed by atoms with E-state index in [4.69, 9.17) is 16.3 Å². The number of imide groups is 1. The number of hydrogen-bond acceptors (Lipinski definition) is 5. The quantitative estimate of drug-likeness (QED) is 0.630. The number of amides is 3. The largest absolute Gasteiger partial charge is 0.462 e. The maximum Gasteiger partial charge on any atom is 0.338 e. The van der Waals surface area contributed by atoms with Crippen LogP contribution in [0.4, 0.5) is 5.69 Å². The van der Waals surface area contributed by atoms with Crippen molar-refractivity contribution in [3.63, 3.8) is 0 Å². The summed E-state index contributed by atoms with van der Waals surface area (Å²) < 4.78 is 4.88. The zero-order valence-electron chi connectivity index (χ0n) is 14.3. The molecule has 0 saturated heterocycles. The van der Waals surface area contributed by atoms with Crippen LogP contribution in [0.15, 0.2) is 42.5 Å². The summed E-state index contributed by atoms with van der Waals surface area (Å²) in [5, 5.41) is 2.75. The molecule has 0 radical (unpaired) electrons. The highest BCUT2D eigenvalue weighted by molar-refractivity contribution is 6.37. The van der Waals surface area contributed by atoms with Gasteiger partial charge in [-0.2, -0.15) is 0 Å². The van der Waals surface area contributed by atoms with Crippen molar-refractivity contribution in [1.82, 2.24) is 4.90 Å². The Labute approximate surface area is 159 Å². The van der Waals surface area contributed by atoms with Gasteiger partial charge in [-0.05, 0) is 43.3 Å². The molecule has 2 aromatic rings. The predicted octanol–water partition coefficient (Wildman–Crippen LogP) is 2.75. The first-order chi connectivity index (χ1) is 12.9. The molecule has 0 unspecified atom stereocenters. The van der Waals surface area contributed by atoms with Gasteiger partial charge in [-0.15, -0.1) is 0 Å². The van der Waals surface area contributed by atoms with Gasteiger partial charge in [-0.1, -0.05) is 17.7 Å². The van der Waals surface area contributed by atoms with Crippen LogP contribution >= 0.6 is 11.6 Å². The van der Waals surface area contributed by atoms with Crippen molar-refractivity contribution in [3.05, 3.63) is 64.2 Å². The normalized spacial score (nSPS) is 12.7. The first-order valence-electron chi connectivity index (χ1n) is 8.14. The second-order valence-corrected chi connectivity index (χ2v) is 6.11. The number of hydrogen-bond donors (Lipinski definition) is 1. The van der Waals surface area contributed by atoms with E-state index >= 15 is 0 Å². The average Bonchev–Trinajstić information content (AvgIpc) is 2.88. The van der Waals surface area contributed by atoms with Crippen molar-refractivity contribution in [2.45, 2.75) is 6.92 Å². The highest BCUT2D eigenvalue weighted by Crippen LogP contribution is 2.28. The summed E-state index contributed by atoms with van der Waals surface area (Å²) in [6, 6.07) is 10.7. The van der Waals surface area contributed by atoms with E-state index in [-0.39, 0.29) is 22.8 Å². The minimum Gasteiger partial charge on any atom is -0.462 e. The maximum absolute atomic E-state index is 12.4. The molecule has 0 aliphatic carbocycles. The number of carbonyl (C=O) groups is 4. The number of nitrogens with zero attached hydrogens (tertiary/aromatic N) is 1. The number of fused-ring (bicyclic) bond motifs is 1. The number of rotatable bonds is 5. The molecule has 0 saturated carbocycles. The van der Waals surface area contributed by atoms with Gasteiger partial charge in [0.2, 0.25) is 5.91 Å². The fourth-order valence-corrected chi connectivity index (χ4v) is 2.94. The summed E-state index contributed by atoms with van der Waals surface area (Å²) in [6.45, 7) is 1.53. The van der Waals surface area contributed by atoms with E-state index in [2.05, 4.69) is 5.32 Å². The maximum atomic E-state index is 12.4. The lowest BCUT2D eigenvalue weighted by Gasteiger charge is -2.13. The van der Waals surface area contributed by atoms with Crippen molar-refractivity contribution in [2.75, 3.05) is 18.5 Å². The highest BCUT2D eigenvalue weighted by atomic mass is 35.5. The Hall–Kier alpha value is -3.19. The van der Waals surface area contributed by atoms with Crippen LogP contribution in [-0.2, 0) is 9.53 Å². The second kappa shape index (κ2) is 7.59. The Balaban J connectivity index is 1.67. The van der Waals surface area contributed by atoms with Gasteiger partial charge in [0.25, 0.3) is 11.8 Å². The number of esters is 1. The number of nitrogens with one attached hydrogen (secondary N) is 1. The van der Waals surface area contributed by atoms with Crippen molar-refractivity contribution in [2.24, 2.45) is 0 Å². The van der Waals surface area contributed by atoms with E-state index in [1.165, 1.54) is 36.4 Å². The lowest BCUT2D eigenvalue weighted by Crippen LogP contribution is -2.37. The third-order valence-corrected chi connectivity index (χ3v) is 4.24. The molecule has 27 heavy (non-hydrogen) atoms. The van der Waals surface area contributed by atoms with E-state index in [1.807, 2.05) is 0 Å². The highest BCUT2D eigenvalue weighted by Gasteiger charge is 2.38.